The number of hydrogen-bond acceptors (Lipinski definition) is 7. The Labute approximate surface area is 135 Å². The molecular formula is C16H21N5O2. The molecule has 1 aliphatic carbocycles. The number of aryl methyl sites for hydroxylation is 2. The van der Waals surface area contributed by atoms with Crippen molar-refractivity contribution in [2.45, 2.75) is 45.1 Å². The Kier molecular flexibility index (Phi) is 3.72. The second-order valence-corrected chi connectivity index (χ2v) is 6.32. The zero-order chi connectivity index (χ0) is 15.8. The minimum absolute atomic E-state index is 0.202. The van der Waals surface area contributed by atoms with E-state index in [0.717, 1.165) is 23.9 Å². The largest absolute Gasteiger partial charge is 0.423 e. The van der Waals surface area contributed by atoms with Crippen LogP contribution in [0.4, 0.5) is 5.82 Å². The van der Waals surface area contributed by atoms with Gasteiger partial charge in [-0.05, 0) is 19.8 Å². The van der Waals surface area contributed by atoms with Gasteiger partial charge in [0.15, 0.2) is 6.10 Å². The summed E-state index contributed by atoms with van der Waals surface area (Å²) in [5.41, 5.74) is 1.02. The molecule has 1 atom stereocenters. The van der Waals surface area contributed by atoms with Crippen molar-refractivity contribution in [1.82, 2.24) is 20.2 Å². The van der Waals surface area contributed by atoms with Gasteiger partial charge in [-0.1, -0.05) is 6.42 Å². The van der Waals surface area contributed by atoms with Crippen LogP contribution in [0.25, 0.3) is 0 Å². The van der Waals surface area contributed by atoms with Gasteiger partial charge in [0, 0.05) is 31.1 Å². The Bertz CT molecular complexity index is 698. The molecule has 0 radical (unpaired) electrons. The van der Waals surface area contributed by atoms with Gasteiger partial charge in [-0.3, -0.25) is 0 Å². The van der Waals surface area contributed by atoms with E-state index >= 15 is 0 Å². The summed E-state index contributed by atoms with van der Waals surface area (Å²) < 4.78 is 11.3. The molecule has 0 aromatic carbocycles. The lowest BCUT2D eigenvalue weighted by Gasteiger charge is -2.33. The molecule has 122 valence electrons. The van der Waals surface area contributed by atoms with Crippen molar-refractivity contribution >= 4 is 5.82 Å². The molecule has 0 amide bonds. The first-order valence-corrected chi connectivity index (χ1v) is 8.21. The van der Waals surface area contributed by atoms with Crippen molar-refractivity contribution in [2.24, 2.45) is 0 Å². The molecule has 2 aromatic rings. The standard InChI is InChI=1S/C16H21N5O2/c1-10-8-14(18-15(17-10)12-4-3-5-12)21-6-7-22-13(9-21)16-20-19-11(2)23-16/h8,12-13H,3-7,9H2,1-2H3. The minimum atomic E-state index is -0.202. The van der Waals surface area contributed by atoms with Crippen LogP contribution in [0.5, 0.6) is 0 Å². The Morgan fingerprint density at radius 1 is 1.17 bits per heavy atom. The van der Waals surface area contributed by atoms with Gasteiger partial charge in [-0.15, -0.1) is 10.2 Å². The second-order valence-electron chi connectivity index (χ2n) is 6.32. The molecule has 0 bridgehead atoms. The summed E-state index contributed by atoms with van der Waals surface area (Å²) in [4.78, 5) is 11.7. The van der Waals surface area contributed by atoms with Gasteiger partial charge in [0.1, 0.15) is 11.6 Å². The summed E-state index contributed by atoms with van der Waals surface area (Å²) in [6.07, 6.45) is 3.49. The number of aromatic nitrogens is 4. The molecule has 7 nitrogen and oxygen atoms in total. The number of morpholine rings is 1. The highest BCUT2D eigenvalue weighted by Gasteiger charge is 2.29. The normalized spacial score (nSPS) is 22.2. The zero-order valence-electron chi connectivity index (χ0n) is 13.5. The summed E-state index contributed by atoms with van der Waals surface area (Å²) >= 11 is 0. The van der Waals surface area contributed by atoms with Crippen LogP contribution in [-0.2, 0) is 4.74 Å². The topological polar surface area (TPSA) is 77.2 Å². The van der Waals surface area contributed by atoms with E-state index in [1.807, 2.05) is 13.0 Å². The third-order valence-corrected chi connectivity index (χ3v) is 4.54. The molecular weight excluding hydrogens is 294 g/mol. The molecule has 1 saturated heterocycles. The van der Waals surface area contributed by atoms with Gasteiger partial charge in [-0.25, -0.2) is 9.97 Å². The van der Waals surface area contributed by atoms with Crippen molar-refractivity contribution in [3.05, 3.63) is 29.4 Å². The minimum Gasteiger partial charge on any atom is -0.423 e. The number of anilines is 1. The molecule has 1 unspecified atom stereocenters. The molecule has 23 heavy (non-hydrogen) atoms. The predicted molar refractivity (Wildman–Crippen MR) is 83.3 cm³/mol. The smallest absolute Gasteiger partial charge is 0.246 e. The quantitative estimate of drug-likeness (QED) is 0.860. The van der Waals surface area contributed by atoms with Gasteiger partial charge in [0.05, 0.1) is 13.2 Å². The summed E-state index contributed by atoms with van der Waals surface area (Å²) in [6.45, 7) is 5.92. The van der Waals surface area contributed by atoms with Crippen LogP contribution < -0.4 is 4.90 Å². The van der Waals surface area contributed by atoms with E-state index in [4.69, 9.17) is 14.1 Å². The molecule has 0 N–H and O–H groups in total. The Balaban J connectivity index is 1.56. The maximum absolute atomic E-state index is 5.79. The third kappa shape index (κ3) is 2.93. The van der Waals surface area contributed by atoms with Crippen LogP contribution in [-0.4, -0.2) is 39.9 Å². The van der Waals surface area contributed by atoms with E-state index in [1.54, 1.807) is 6.92 Å². The molecule has 2 fully saturated rings. The zero-order valence-corrected chi connectivity index (χ0v) is 13.5. The molecule has 3 heterocycles. The highest BCUT2D eigenvalue weighted by molar-refractivity contribution is 5.41. The first-order valence-electron chi connectivity index (χ1n) is 8.21. The lowest BCUT2D eigenvalue weighted by Crippen LogP contribution is -2.39. The SMILES string of the molecule is Cc1cc(N2CCOC(c3nnc(C)o3)C2)nc(C2CCC2)n1. The van der Waals surface area contributed by atoms with E-state index in [9.17, 15) is 0 Å². The van der Waals surface area contributed by atoms with Gasteiger partial charge in [-0.2, -0.15) is 0 Å². The van der Waals surface area contributed by atoms with Crippen LogP contribution in [0.3, 0.4) is 0 Å². The second kappa shape index (κ2) is 5.88. The van der Waals surface area contributed by atoms with Crippen molar-refractivity contribution in [3.8, 4) is 0 Å². The van der Waals surface area contributed by atoms with Crippen molar-refractivity contribution in [2.75, 3.05) is 24.6 Å². The lowest BCUT2D eigenvalue weighted by atomic mass is 9.85. The molecule has 1 aliphatic heterocycles. The monoisotopic (exact) mass is 315 g/mol. The van der Waals surface area contributed by atoms with Gasteiger partial charge in [0.25, 0.3) is 0 Å². The number of ether oxygens (including phenoxy) is 1. The average Bonchev–Trinajstić information content (AvgIpc) is 2.92. The first kappa shape index (κ1) is 14.6. The van der Waals surface area contributed by atoms with E-state index in [2.05, 4.69) is 20.1 Å². The Morgan fingerprint density at radius 2 is 2.04 bits per heavy atom. The molecule has 2 aliphatic rings. The van der Waals surface area contributed by atoms with Crippen LogP contribution in [0.1, 0.15) is 54.6 Å². The maximum Gasteiger partial charge on any atom is 0.246 e. The fraction of sp³-hybridized carbons (Fsp3) is 0.625. The van der Waals surface area contributed by atoms with E-state index in [-0.39, 0.29) is 6.10 Å². The lowest BCUT2D eigenvalue weighted by molar-refractivity contribution is 0.0214. The molecule has 4 rings (SSSR count). The van der Waals surface area contributed by atoms with Gasteiger partial charge >= 0.3 is 0 Å². The fourth-order valence-corrected chi connectivity index (χ4v) is 3.03. The highest BCUT2D eigenvalue weighted by atomic mass is 16.5. The molecule has 7 heteroatoms. The predicted octanol–water partition coefficient (Wildman–Crippen LogP) is 2.32. The molecule has 1 saturated carbocycles. The van der Waals surface area contributed by atoms with Crippen LogP contribution in [0.15, 0.2) is 10.5 Å². The molecule has 2 aromatic heterocycles. The van der Waals surface area contributed by atoms with E-state index in [0.29, 0.717) is 30.9 Å². The van der Waals surface area contributed by atoms with Crippen molar-refractivity contribution < 1.29 is 9.15 Å². The van der Waals surface area contributed by atoms with Crippen LogP contribution >= 0.6 is 0 Å². The highest BCUT2D eigenvalue weighted by Crippen LogP contribution is 2.35. The number of hydrogen-bond donors (Lipinski definition) is 0. The first-order chi connectivity index (χ1) is 11.2. The van der Waals surface area contributed by atoms with Gasteiger partial charge in [0.2, 0.25) is 11.8 Å². The average molecular weight is 315 g/mol. The number of nitrogens with zero attached hydrogens (tertiary/aromatic N) is 5. The summed E-state index contributed by atoms with van der Waals surface area (Å²) in [6, 6.07) is 2.05. The summed E-state index contributed by atoms with van der Waals surface area (Å²) in [5, 5.41) is 7.97. The maximum atomic E-state index is 5.79. The van der Waals surface area contributed by atoms with E-state index in [1.165, 1.54) is 19.3 Å². The Morgan fingerprint density at radius 3 is 2.74 bits per heavy atom. The fourth-order valence-electron chi connectivity index (χ4n) is 3.03. The number of rotatable bonds is 3. The van der Waals surface area contributed by atoms with Crippen molar-refractivity contribution in [1.29, 1.82) is 0 Å². The summed E-state index contributed by atoms with van der Waals surface area (Å²) in [7, 11) is 0. The van der Waals surface area contributed by atoms with Crippen LogP contribution in [0, 0.1) is 13.8 Å². The third-order valence-electron chi connectivity index (χ3n) is 4.54. The molecule has 0 spiro atoms. The Hall–Kier alpha value is -2.02. The summed E-state index contributed by atoms with van der Waals surface area (Å²) in [5.74, 6) is 3.60. The van der Waals surface area contributed by atoms with Gasteiger partial charge < -0.3 is 14.1 Å². The van der Waals surface area contributed by atoms with Crippen LogP contribution in [0.2, 0.25) is 0 Å². The van der Waals surface area contributed by atoms with Crippen molar-refractivity contribution in [3.63, 3.8) is 0 Å². The van der Waals surface area contributed by atoms with E-state index < -0.39 is 0 Å².